The van der Waals surface area contributed by atoms with Gasteiger partial charge in [-0.25, -0.2) is 0 Å². The highest BCUT2D eigenvalue weighted by Gasteiger charge is 2.13. The van der Waals surface area contributed by atoms with Crippen LogP contribution in [-0.2, 0) is 13.0 Å². The van der Waals surface area contributed by atoms with Crippen LogP contribution in [0.4, 0.5) is 5.69 Å². The molecule has 0 aliphatic carbocycles. The van der Waals surface area contributed by atoms with Crippen LogP contribution in [0.25, 0.3) is 0 Å². The standard InChI is InChI=1S/C9H12N2O/c10-9-2-1-7-3-4-11(12)6-8(7)5-9/h1-2,5,12H,3-4,6,10H2. The molecule has 1 aliphatic heterocycles. The van der Waals surface area contributed by atoms with Gasteiger partial charge in [-0.2, -0.15) is 5.06 Å². The Morgan fingerprint density at radius 3 is 3.00 bits per heavy atom. The number of hydrogen-bond donors (Lipinski definition) is 2. The molecule has 1 aromatic rings. The third-order valence-corrected chi connectivity index (χ3v) is 2.22. The molecular formula is C9H12N2O. The zero-order valence-electron chi connectivity index (χ0n) is 6.83. The van der Waals surface area contributed by atoms with E-state index in [-0.39, 0.29) is 0 Å². The van der Waals surface area contributed by atoms with Crippen molar-refractivity contribution < 1.29 is 5.21 Å². The number of hydroxylamine groups is 2. The van der Waals surface area contributed by atoms with E-state index in [1.807, 2.05) is 18.2 Å². The smallest absolute Gasteiger partial charge is 0.0492 e. The monoisotopic (exact) mass is 164 g/mol. The van der Waals surface area contributed by atoms with Gasteiger partial charge in [0.05, 0.1) is 0 Å². The van der Waals surface area contributed by atoms with E-state index in [4.69, 9.17) is 5.73 Å². The lowest BCUT2D eigenvalue weighted by molar-refractivity contribution is -0.103. The Morgan fingerprint density at radius 2 is 2.17 bits per heavy atom. The van der Waals surface area contributed by atoms with Crippen molar-refractivity contribution in [2.45, 2.75) is 13.0 Å². The number of nitrogens with zero attached hydrogens (tertiary/aromatic N) is 1. The third kappa shape index (κ3) is 1.29. The van der Waals surface area contributed by atoms with Crippen LogP contribution < -0.4 is 5.73 Å². The van der Waals surface area contributed by atoms with Crippen LogP contribution in [0.2, 0.25) is 0 Å². The lowest BCUT2D eigenvalue weighted by atomic mass is 10.0. The second-order valence-corrected chi connectivity index (χ2v) is 3.17. The number of nitrogens with two attached hydrogens (primary N) is 1. The van der Waals surface area contributed by atoms with Crippen LogP contribution in [0.5, 0.6) is 0 Å². The van der Waals surface area contributed by atoms with Gasteiger partial charge in [0.15, 0.2) is 0 Å². The fraction of sp³-hybridized carbons (Fsp3) is 0.333. The van der Waals surface area contributed by atoms with E-state index in [9.17, 15) is 5.21 Å². The summed E-state index contributed by atoms with van der Waals surface area (Å²) in [6.07, 6.45) is 0.909. The van der Waals surface area contributed by atoms with Gasteiger partial charge >= 0.3 is 0 Å². The lowest BCUT2D eigenvalue weighted by Gasteiger charge is -2.23. The predicted octanol–water partition coefficient (Wildman–Crippen LogP) is 1.02. The summed E-state index contributed by atoms with van der Waals surface area (Å²) in [6.45, 7) is 1.32. The Balaban J connectivity index is 2.37. The van der Waals surface area contributed by atoms with Gasteiger partial charge in [0.1, 0.15) is 0 Å². The average Bonchev–Trinajstić information content (AvgIpc) is 2.03. The molecular weight excluding hydrogens is 152 g/mol. The molecule has 3 N–H and O–H groups in total. The van der Waals surface area contributed by atoms with Crippen LogP contribution in [0.1, 0.15) is 11.1 Å². The molecule has 0 saturated carbocycles. The minimum absolute atomic E-state index is 0.598. The molecule has 0 spiro atoms. The van der Waals surface area contributed by atoms with Crippen LogP contribution in [0, 0.1) is 0 Å². The van der Waals surface area contributed by atoms with Gasteiger partial charge in [0, 0.05) is 18.8 Å². The van der Waals surface area contributed by atoms with Crippen molar-refractivity contribution in [1.82, 2.24) is 5.06 Å². The SMILES string of the molecule is Nc1ccc2c(c1)CN(O)CC2. The number of rotatable bonds is 0. The topological polar surface area (TPSA) is 49.5 Å². The molecule has 0 saturated heterocycles. The van der Waals surface area contributed by atoms with Crippen LogP contribution in [0.15, 0.2) is 18.2 Å². The van der Waals surface area contributed by atoms with Gasteiger partial charge in [-0.3, -0.25) is 0 Å². The van der Waals surface area contributed by atoms with Gasteiger partial charge in [-0.15, -0.1) is 0 Å². The largest absolute Gasteiger partial charge is 0.399 e. The summed E-state index contributed by atoms with van der Waals surface area (Å²) in [4.78, 5) is 0. The molecule has 0 bridgehead atoms. The first-order chi connectivity index (χ1) is 5.75. The number of nitrogen functional groups attached to an aromatic ring is 1. The van der Waals surface area contributed by atoms with Crippen molar-refractivity contribution in [2.24, 2.45) is 0 Å². The Morgan fingerprint density at radius 1 is 1.33 bits per heavy atom. The summed E-state index contributed by atoms with van der Waals surface area (Å²) in [7, 11) is 0. The molecule has 0 fully saturated rings. The van der Waals surface area contributed by atoms with Gasteiger partial charge < -0.3 is 10.9 Å². The summed E-state index contributed by atoms with van der Waals surface area (Å²) in [5.41, 5.74) is 8.84. The molecule has 12 heavy (non-hydrogen) atoms. The van der Waals surface area contributed by atoms with Crippen molar-refractivity contribution in [2.75, 3.05) is 12.3 Å². The first-order valence-electron chi connectivity index (χ1n) is 4.07. The maximum Gasteiger partial charge on any atom is 0.0492 e. The Labute approximate surface area is 71.4 Å². The van der Waals surface area contributed by atoms with Gasteiger partial charge in [-0.05, 0) is 29.7 Å². The summed E-state index contributed by atoms with van der Waals surface area (Å²) >= 11 is 0. The van der Waals surface area contributed by atoms with Crippen molar-refractivity contribution in [3.8, 4) is 0 Å². The molecule has 2 rings (SSSR count). The minimum Gasteiger partial charge on any atom is -0.399 e. The molecule has 64 valence electrons. The van der Waals surface area contributed by atoms with Crippen molar-refractivity contribution in [1.29, 1.82) is 0 Å². The highest BCUT2D eigenvalue weighted by molar-refractivity contribution is 5.45. The summed E-state index contributed by atoms with van der Waals surface area (Å²) in [6, 6.07) is 5.88. The first-order valence-corrected chi connectivity index (χ1v) is 4.07. The molecule has 3 heteroatoms. The lowest BCUT2D eigenvalue weighted by Crippen LogP contribution is -2.27. The van der Waals surface area contributed by atoms with Crippen molar-refractivity contribution in [3.63, 3.8) is 0 Å². The first kappa shape index (κ1) is 7.58. The summed E-state index contributed by atoms with van der Waals surface area (Å²) in [5.74, 6) is 0. The second-order valence-electron chi connectivity index (χ2n) is 3.17. The maximum absolute atomic E-state index is 9.24. The van der Waals surface area contributed by atoms with Crippen LogP contribution >= 0.6 is 0 Å². The summed E-state index contributed by atoms with van der Waals surface area (Å²) in [5, 5.41) is 10.6. The molecule has 1 aliphatic rings. The Kier molecular flexibility index (Phi) is 1.75. The third-order valence-electron chi connectivity index (χ3n) is 2.22. The molecule has 1 heterocycles. The second kappa shape index (κ2) is 2.77. The van der Waals surface area contributed by atoms with E-state index in [1.54, 1.807) is 0 Å². The number of fused-ring (bicyclic) bond motifs is 1. The molecule has 0 unspecified atom stereocenters. The van der Waals surface area contributed by atoms with E-state index in [2.05, 4.69) is 0 Å². The molecule has 0 amide bonds. The maximum atomic E-state index is 9.24. The minimum atomic E-state index is 0.598. The van der Waals surface area contributed by atoms with E-state index < -0.39 is 0 Å². The number of anilines is 1. The van der Waals surface area contributed by atoms with E-state index in [0.29, 0.717) is 6.54 Å². The van der Waals surface area contributed by atoms with E-state index in [1.165, 1.54) is 10.6 Å². The zero-order valence-corrected chi connectivity index (χ0v) is 6.83. The van der Waals surface area contributed by atoms with E-state index >= 15 is 0 Å². The fourth-order valence-corrected chi connectivity index (χ4v) is 1.56. The van der Waals surface area contributed by atoms with Crippen molar-refractivity contribution >= 4 is 5.69 Å². The van der Waals surface area contributed by atoms with Crippen LogP contribution in [-0.4, -0.2) is 16.8 Å². The van der Waals surface area contributed by atoms with E-state index in [0.717, 1.165) is 24.2 Å². The van der Waals surface area contributed by atoms with Gasteiger partial charge in [-0.1, -0.05) is 6.07 Å². The quantitative estimate of drug-likeness (QED) is 0.563. The Bertz CT molecular complexity index is 299. The normalized spacial score (nSPS) is 17.4. The highest BCUT2D eigenvalue weighted by Crippen LogP contribution is 2.19. The molecule has 0 atom stereocenters. The molecule has 1 aromatic carbocycles. The average molecular weight is 164 g/mol. The summed E-state index contributed by atoms with van der Waals surface area (Å²) < 4.78 is 0. The fourth-order valence-electron chi connectivity index (χ4n) is 1.56. The zero-order chi connectivity index (χ0) is 8.55. The highest BCUT2D eigenvalue weighted by atomic mass is 16.5. The predicted molar refractivity (Wildman–Crippen MR) is 46.8 cm³/mol. The van der Waals surface area contributed by atoms with Crippen LogP contribution in [0.3, 0.4) is 0 Å². The van der Waals surface area contributed by atoms with Gasteiger partial charge in [0.2, 0.25) is 0 Å². The number of hydrogen-bond acceptors (Lipinski definition) is 3. The molecule has 3 nitrogen and oxygen atoms in total. The Hall–Kier alpha value is -1.06. The molecule has 0 aromatic heterocycles. The van der Waals surface area contributed by atoms with Crippen molar-refractivity contribution in [3.05, 3.63) is 29.3 Å². The number of benzene rings is 1. The van der Waals surface area contributed by atoms with Gasteiger partial charge in [0.25, 0.3) is 0 Å². The molecule has 0 radical (unpaired) electrons.